The van der Waals surface area contributed by atoms with E-state index >= 15 is 0 Å². The number of hydrogen-bond acceptors (Lipinski definition) is 10. The fourth-order valence-electron chi connectivity index (χ4n) is 6.74. The average Bonchev–Trinajstić information content (AvgIpc) is 3.18. The lowest BCUT2D eigenvalue weighted by Gasteiger charge is -2.50. The largest absolute Gasteiger partial charge is 0.479 e. The Bertz CT molecular complexity index is 1310. The third kappa shape index (κ3) is 6.35. The van der Waals surface area contributed by atoms with E-state index in [-0.39, 0.29) is 18.3 Å². The van der Waals surface area contributed by atoms with Gasteiger partial charge in [-0.2, -0.15) is 0 Å². The Hall–Kier alpha value is -3.58. The van der Waals surface area contributed by atoms with Crippen LogP contribution in [-0.2, 0) is 38.1 Å². The summed E-state index contributed by atoms with van der Waals surface area (Å²) in [5.41, 5.74) is -8.84. The summed E-state index contributed by atoms with van der Waals surface area (Å²) in [5, 5.41) is 45.0. The van der Waals surface area contributed by atoms with Gasteiger partial charge in [0.1, 0.15) is 6.10 Å². The van der Waals surface area contributed by atoms with Crippen LogP contribution in [0.4, 0.5) is 0 Å². The van der Waals surface area contributed by atoms with Gasteiger partial charge in [0.15, 0.2) is 11.7 Å². The first-order valence-corrected chi connectivity index (χ1v) is 15.6. The summed E-state index contributed by atoms with van der Waals surface area (Å²) >= 11 is 0. The van der Waals surface area contributed by atoms with Crippen molar-refractivity contribution in [2.45, 2.75) is 114 Å². The fourth-order valence-corrected chi connectivity index (χ4v) is 6.74. The van der Waals surface area contributed by atoms with Crippen LogP contribution in [0.3, 0.4) is 0 Å². The van der Waals surface area contributed by atoms with Gasteiger partial charge in [0.05, 0.1) is 0 Å². The number of carboxylic acid groups (broad SMARTS) is 2. The fraction of sp³-hybridized carbons (Fsp3) is 0.588. The Kier molecular flexibility index (Phi) is 11.6. The molecule has 0 aromatic heterocycles. The summed E-state index contributed by atoms with van der Waals surface area (Å²) in [6.45, 7) is 12.3. The van der Waals surface area contributed by atoms with Crippen LogP contribution >= 0.6 is 0 Å². The number of ether oxygens (including phenoxy) is 4. The number of aliphatic hydroxyl groups excluding tert-OH is 1. The van der Waals surface area contributed by atoms with Crippen molar-refractivity contribution >= 4 is 23.9 Å². The van der Waals surface area contributed by atoms with E-state index in [9.17, 15) is 39.6 Å². The van der Waals surface area contributed by atoms with Crippen LogP contribution in [-0.4, -0.2) is 79.3 Å². The van der Waals surface area contributed by atoms with Gasteiger partial charge in [-0.3, -0.25) is 9.53 Å². The minimum atomic E-state index is -3.53. The molecule has 1 aromatic rings. The first-order chi connectivity index (χ1) is 21.6. The van der Waals surface area contributed by atoms with Gasteiger partial charge < -0.3 is 34.6 Å². The molecule has 254 valence electrons. The number of esters is 2. The minimum Gasteiger partial charge on any atom is -0.479 e. The molecule has 4 unspecified atom stereocenters. The third-order valence-corrected chi connectivity index (χ3v) is 9.21. The second kappa shape index (κ2) is 14.5. The Labute approximate surface area is 269 Å². The van der Waals surface area contributed by atoms with Crippen molar-refractivity contribution in [3.63, 3.8) is 0 Å². The Morgan fingerprint density at radius 2 is 1.70 bits per heavy atom. The number of allylic oxidation sites excluding steroid dienone is 1. The molecule has 12 heteroatoms. The summed E-state index contributed by atoms with van der Waals surface area (Å²) in [5.74, 6) is -9.24. The van der Waals surface area contributed by atoms with Crippen LogP contribution < -0.4 is 0 Å². The molecule has 0 aliphatic carbocycles. The number of rotatable bonds is 16. The maximum atomic E-state index is 13.5. The van der Waals surface area contributed by atoms with Crippen LogP contribution in [0.2, 0.25) is 0 Å². The predicted molar refractivity (Wildman–Crippen MR) is 164 cm³/mol. The first kappa shape index (κ1) is 36.9. The number of fused-ring (bicyclic) bond motifs is 2. The molecule has 3 rings (SSSR count). The van der Waals surface area contributed by atoms with Gasteiger partial charge in [-0.1, -0.05) is 76.6 Å². The first-order valence-electron chi connectivity index (χ1n) is 15.6. The van der Waals surface area contributed by atoms with Crippen molar-refractivity contribution in [1.82, 2.24) is 0 Å². The molecule has 2 saturated heterocycles. The summed E-state index contributed by atoms with van der Waals surface area (Å²) in [6, 6.07) is 9.46. The molecular formula is C34H46O12. The molecule has 0 radical (unpaired) electrons. The predicted octanol–water partition coefficient (Wildman–Crippen LogP) is 4.09. The van der Waals surface area contributed by atoms with E-state index in [1.54, 1.807) is 6.08 Å². The summed E-state index contributed by atoms with van der Waals surface area (Å²) in [6.07, 6.45) is 1.08. The normalized spacial score (nSPS) is 32.3. The molecule has 4 N–H and O–H groups in total. The number of carboxylic acids is 2. The maximum absolute atomic E-state index is 13.5. The van der Waals surface area contributed by atoms with E-state index in [0.717, 1.165) is 37.5 Å². The zero-order valence-corrected chi connectivity index (χ0v) is 27.0. The topological polar surface area (TPSA) is 186 Å². The monoisotopic (exact) mass is 646 g/mol. The number of hydrogen-bond donors (Lipinski definition) is 4. The molecular weight excluding hydrogens is 600 g/mol. The van der Waals surface area contributed by atoms with Crippen molar-refractivity contribution in [3.8, 4) is 0 Å². The quantitative estimate of drug-likeness (QED) is 0.115. The number of carbonyl (C=O) groups is 4. The van der Waals surface area contributed by atoms with Gasteiger partial charge in [0.2, 0.25) is 5.60 Å². The highest BCUT2D eigenvalue weighted by atomic mass is 16.9. The van der Waals surface area contributed by atoms with Crippen LogP contribution in [0.5, 0.6) is 0 Å². The number of aliphatic carboxylic acids is 2. The van der Waals surface area contributed by atoms with Gasteiger partial charge in [-0.05, 0) is 55.4 Å². The molecule has 2 aliphatic rings. The lowest BCUT2D eigenvalue weighted by Crippen LogP contribution is -2.79. The number of benzene rings is 1. The van der Waals surface area contributed by atoms with Crippen molar-refractivity contribution < 1.29 is 58.6 Å². The Morgan fingerprint density at radius 3 is 2.22 bits per heavy atom. The second-order valence-electron chi connectivity index (χ2n) is 12.3. The molecule has 0 saturated carbocycles. The SMILES string of the molecule is C=CC1O[C@]2(OC(C)=O)O[C@@](C(=O)O)([C@@](CCCC(CC)c3ccccc3)(OC(=O)C=CC(C)CC(C)CC)[C@H]2O)[C@]1(O)C(=O)O. The molecule has 2 fully saturated rings. The summed E-state index contributed by atoms with van der Waals surface area (Å²) in [4.78, 5) is 52.0. The van der Waals surface area contributed by atoms with Crippen molar-refractivity contribution in [2.24, 2.45) is 11.8 Å². The molecule has 46 heavy (non-hydrogen) atoms. The van der Waals surface area contributed by atoms with Crippen molar-refractivity contribution in [2.75, 3.05) is 0 Å². The molecule has 2 aliphatic heterocycles. The summed E-state index contributed by atoms with van der Waals surface area (Å²) in [7, 11) is 0. The number of carbonyl (C=O) groups excluding carboxylic acids is 2. The third-order valence-electron chi connectivity index (χ3n) is 9.21. The minimum absolute atomic E-state index is 0.0483. The average molecular weight is 647 g/mol. The van der Waals surface area contributed by atoms with Crippen molar-refractivity contribution in [3.05, 3.63) is 60.7 Å². The molecule has 2 bridgehead atoms. The molecule has 9 atom stereocenters. The van der Waals surface area contributed by atoms with Gasteiger partial charge in [-0.15, -0.1) is 6.58 Å². The molecule has 0 spiro atoms. The van der Waals surface area contributed by atoms with Crippen LogP contribution in [0.15, 0.2) is 55.1 Å². The van der Waals surface area contributed by atoms with Crippen LogP contribution in [0.1, 0.15) is 84.6 Å². The molecule has 0 amide bonds. The van der Waals surface area contributed by atoms with Crippen molar-refractivity contribution in [1.29, 1.82) is 0 Å². The standard InChI is InChI=1S/C34H46O12/c1-7-21(4)20-22(5)17-18-27(36)45-31(19-13-16-24(8-2)25-14-11-10-12-15-25)28(37)34(43-23(6)35)44-26(9-3)32(42,29(38)39)33(31,46-34)30(40)41/h9-12,14-15,17-18,21-22,24,26,28,37,42H,3,7-8,13,16,19-20H2,1-2,4-6H3,(H,38,39)(H,40,41)/t21?,22?,24?,26?,28-,31+,32-,33+,34+/m1/s1. The summed E-state index contributed by atoms with van der Waals surface area (Å²) < 4.78 is 22.3. The van der Waals surface area contributed by atoms with Gasteiger partial charge in [0.25, 0.3) is 5.60 Å². The van der Waals surface area contributed by atoms with Gasteiger partial charge in [-0.25, -0.2) is 14.4 Å². The van der Waals surface area contributed by atoms with E-state index in [1.165, 1.54) is 0 Å². The molecule has 2 heterocycles. The number of aliphatic hydroxyl groups is 2. The highest BCUT2D eigenvalue weighted by Crippen LogP contribution is 2.61. The zero-order valence-electron chi connectivity index (χ0n) is 27.0. The Balaban J connectivity index is 2.21. The van der Waals surface area contributed by atoms with E-state index in [2.05, 4.69) is 13.5 Å². The highest BCUT2D eigenvalue weighted by Gasteiger charge is 2.91. The van der Waals surface area contributed by atoms with E-state index < -0.39 is 65.3 Å². The zero-order chi connectivity index (χ0) is 34.5. The van der Waals surface area contributed by atoms with Gasteiger partial charge in [0, 0.05) is 13.0 Å². The van der Waals surface area contributed by atoms with Crippen LogP contribution in [0.25, 0.3) is 0 Å². The lowest BCUT2D eigenvalue weighted by atomic mass is 9.65. The molecule has 12 nitrogen and oxygen atoms in total. The van der Waals surface area contributed by atoms with E-state index in [1.807, 2.05) is 51.1 Å². The van der Waals surface area contributed by atoms with Gasteiger partial charge >= 0.3 is 29.9 Å². The highest BCUT2D eigenvalue weighted by molar-refractivity contribution is 5.95. The molecule has 1 aromatic carbocycles. The Morgan fingerprint density at radius 1 is 1.04 bits per heavy atom. The van der Waals surface area contributed by atoms with E-state index in [0.29, 0.717) is 18.8 Å². The van der Waals surface area contributed by atoms with E-state index in [4.69, 9.17) is 18.9 Å². The lowest BCUT2D eigenvalue weighted by molar-refractivity contribution is -0.443. The smallest absolute Gasteiger partial charge is 0.363 e. The second-order valence-corrected chi connectivity index (χ2v) is 12.3. The maximum Gasteiger partial charge on any atom is 0.363 e. The van der Waals surface area contributed by atoms with Crippen LogP contribution in [0, 0.1) is 11.8 Å².